The Labute approximate surface area is 115 Å². The molecule has 1 saturated heterocycles. The fourth-order valence-corrected chi connectivity index (χ4v) is 2.62. The SMILES string of the molecule is CN1CCCN(c2cccc(Br)c2)C(=O)C1CO. The van der Waals surface area contributed by atoms with E-state index < -0.39 is 6.04 Å². The van der Waals surface area contributed by atoms with E-state index in [1.165, 1.54) is 0 Å². The van der Waals surface area contributed by atoms with Gasteiger partial charge in [0, 0.05) is 23.2 Å². The topological polar surface area (TPSA) is 43.8 Å². The van der Waals surface area contributed by atoms with E-state index in [4.69, 9.17) is 0 Å². The first-order valence-corrected chi connectivity index (χ1v) is 6.81. The van der Waals surface area contributed by atoms with Crippen LogP contribution in [0.3, 0.4) is 0 Å². The van der Waals surface area contributed by atoms with E-state index in [0.29, 0.717) is 6.54 Å². The summed E-state index contributed by atoms with van der Waals surface area (Å²) in [6, 6.07) is 7.25. The van der Waals surface area contributed by atoms with Crippen molar-refractivity contribution in [2.24, 2.45) is 0 Å². The predicted molar refractivity (Wildman–Crippen MR) is 74.6 cm³/mol. The van der Waals surface area contributed by atoms with Gasteiger partial charge in [0.15, 0.2) is 0 Å². The highest BCUT2D eigenvalue weighted by Gasteiger charge is 2.30. The number of hydrogen-bond acceptors (Lipinski definition) is 3. The third-order valence-corrected chi connectivity index (χ3v) is 3.76. The number of anilines is 1. The van der Waals surface area contributed by atoms with Crippen LogP contribution in [0.1, 0.15) is 6.42 Å². The Morgan fingerprint density at radius 1 is 1.44 bits per heavy atom. The lowest BCUT2D eigenvalue weighted by Crippen LogP contribution is -2.46. The average Bonchev–Trinajstić information content (AvgIpc) is 2.48. The molecule has 0 saturated carbocycles. The number of hydrogen-bond donors (Lipinski definition) is 1. The van der Waals surface area contributed by atoms with Gasteiger partial charge < -0.3 is 10.0 Å². The molecule has 0 spiro atoms. The van der Waals surface area contributed by atoms with Crippen molar-refractivity contribution < 1.29 is 9.90 Å². The Morgan fingerprint density at radius 3 is 2.89 bits per heavy atom. The molecule has 0 radical (unpaired) electrons. The molecule has 2 rings (SSSR count). The van der Waals surface area contributed by atoms with Crippen LogP contribution >= 0.6 is 15.9 Å². The molecular weight excluding hydrogens is 296 g/mol. The molecule has 5 heteroatoms. The fourth-order valence-electron chi connectivity index (χ4n) is 2.23. The summed E-state index contributed by atoms with van der Waals surface area (Å²) < 4.78 is 0.950. The van der Waals surface area contributed by atoms with Gasteiger partial charge in [0.05, 0.1) is 6.61 Å². The Kier molecular flexibility index (Phi) is 4.37. The zero-order valence-corrected chi connectivity index (χ0v) is 11.9. The Morgan fingerprint density at radius 2 is 2.22 bits per heavy atom. The van der Waals surface area contributed by atoms with E-state index >= 15 is 0 Å². The summed E-state index contributed by atoms with van der Waals surface area (Å²) in [5.41, 5.74) is 0.878. The number of nitrogens with zero attached hydrogens (tertiary/aromatic N) is 2. The zero-order valence-electron chi connectivity index (χ0n) is 10.3. The lowest BCUT2D eigenvalue weighted by atomic mass is 10.2. The van der Waals surface area contributed by atoms with Crippen LogP contribution in [0.4, 0.5) is 5.69 Å². The van der Waals surface area contributed by atoms with E-state index in [-0.39, 0.29) is 12.5 Å². The second kappa shape index (κ2) is 5.82. The van der Waals surface area contributed by atoms with Gasteiger partial charge in [-0.3, -0.25) is 9.69 Å². The van der Waals surface area contributed by atoms with Gasteiger partial charge in [-0.15, -0.1) is 0 Å². The lowest BCUT2D eigenvalue weighted by Gasteiger charge is -2.26. The number of amides is 1. The van der Waals surface area contributed by atoms with Gasteiger partial charge in [-0.1, -0.05) is 22.0 Å². The van der Waals surface area contributed by atoms with Crippen LogP contribution < -0.4 is 4.90 Å². The molecule has 4 nitrogen and oxygen atoms in total. The quantitative estimate of drug-likeness (QED) is 0.899. The van der Waals surface area contributed by atoms with Gasteiger partial charge in [-0.25, -0.2) is 0 Å². The summed E-state index contributed by atoms with van der Waals surface area (Å²) in [6.45, 7) is 1.37. The van der Waals surface area contributed by atoms with Crippen molar-refractivity contribution in [2.45, 2.75) is 12.5 Å². The van der Waals surface area contributed by atoms with Crippen LogP contribution in [0.2, 0.25) is 0 Å². The van der Waals surface area contributed by atoms with Crippen molar-refractivity contribution >= 4 is 27.5 Å². The molecule has 1 atom stereocenters. The maximum atomic E-state index is 12.4. The van der Waals surface area contributed by atoms with Crippen LogP contribution in [0, 0.1) is 0 Å². The van der Waals surface area contributed by atoms with Gasteiger partial charge in [0.25, 0.3) is 0 Å². The van der Waals surface area contributed by atoms with E-state index in [1.807, 2.05) is 36.2 Å². The summed E-state index contributed by atoms with van der Waals surface area (Å²) in [4.78, 5) is 16.1. The minimum Gasteiger partial charge on any atom is -0.394 e. The molecule has 0 aliphatic carbocycles. The van der Waals surface area contributed by atoms with Crippen molar-refractivity contribution in [3.63, 3.8) is 0 Å². The molecule has 1 unspecified atom stereocenters. The number of carbonyl (C=O) groups is 1. The molecule has 1 amide bonds. The summed E-state index contributed by atoms with van der Waals surface area (Å²) in [7, 11) is 1.88. The fraction of sp³-hybridized carbons (Fsp3) is 0.462. The molecule has 98 valence electrons. The Balaban J connectivity index is 2.29. The van der Waals surface area contributed by atoms with Crippen molar-refractivity contribution in [1.29, 1.82) is 0 Å². The number of likely N-dealkylation sites (N-methyl/N-ethyl adjacent to an activating group) is 1. The number of carbonyl (C=O) groups excluding carboxylic acids is 1. The van der Waals surface area contributed by atoms with Crippen LogP contribution in [-0.2, 0) is 4.79 Å². The minimum absolute atomic E-state index is 0.0319. The van der Waals surface area contributed by atoms with Gasteiger partial charge >= 0.3 is 0 Å². The molecule has 0 aromatic heterocycles. The zero-order chi connectivity index (χ0) is 13.1. The number of aliphatic hydroxyl groups excluding tert-OH is 1. The molecule has 1 aromatic rings. The summed E-state index contributed by atoms with van der Waals surface area (Å²) in [5.74, 6) is -0.0319. The van der Waals surface area contributed by atoms with Gasteiger partial charge in [-0.05, 0) is 31.7 Å². The number of aliphatic hydroxyl groups is 1. The Bertz CT molecular complexity index is 439. The van der Waals surface area contributed by atoms with E-state index in [9.17, 15) is 9.90 Å². The summed E-state index contributed by atoms with van der Waals surface area (Å²) in [6.07, 6.45) is 0.908. The number of halogens is 1. The maximum absolute atomic E-state index is 12.4. The predicted octanol–water partition coefficient (Wildman–Crippen LogP) is 1.48. The average molecular weight is 313 g/mol. The number of rotatable bonds is 2. The van der Waals surface area contributed by atoms with Gasteiger partial charge in [0.2, 0.25) is 5.91 Å². The van der Waals surface area contributed by atoms with Crippen LogP contribution in [0.25, 0.3) is 0 Å². The largest absolute Gasteiger partial charge is 0.394 e. The second-order valence-corrected chi connectivity index (χ2v) is 5.42. The molecule has 1 N–H and O–H groups in total. The van der Waals surface area contributed by atoms with Crippen LogP contribution in [-0.4, -0.2) is 48.7 Å². The summed E-state index contributed by atoms with van der Waals surface area (Å²) >= 11 is 3.41. The molecule has 18 heavy (non-hydrogen) atoms. The standard InChI is InChI=1S/C13H17BrN2O2/c1-15-6-3-7-16(13(18)12(15)9-17)11-5-2-4-10(14)8-11/h2,4-5,8,12,17H,3,6-7,9H2,1H3. The highest BCUT2D eigenvalue weighted by Crippen LogP contribution is 2.23. The second-order valence-electron chi connectivity index (χ2n) is 4.50. The summed E-state index contributed by atoms with van der Waals surface area (Å²) in [5, 5.41) is 9.38. The monoisotopic (exact) mass is 312 g/mol. The highest BCUT2D eigenvalue weighted by atomic mass is 79.9. The van der Waals surface area contributed by atoms with Crippen molar-refractivity contribution in [3.8, 4) is 0 Å². The first-order chi connectivity index (χ1) is 8.63. The molecule has 1 fully saturated rings. The number of benzene rings is 1. The Hall–Kier alpha value is -0.910. The van der Waals surface area contributed by atoms with Crippen LogP contribution in [0.15, 0.2) is 28.7 Å². The molecule has 1 aliphatic rings. The third kappa shape index (κ3) is 2.74. The first kappa shape index (κ1) is 13.5. The van der Waals surface area contributed by atoms with Gasteiger partial charge in [0.1, 0.15) is 6.04 Å². The highest BCUT2D eigenvalue weighted by molar-refractivity contribution is 9.10. The van der Waals surface area contributed by atoms with E-state index in [2.05, 4.69) is 15.9 Å². The van der Waals surface area contributed by atoms with E-state index in [1.54, 1.807) is 4.90 Å². The first-order valence-electron chi connectivity index (χ1n) is 6.01. The smallest absolute Gasteiger partial charge is 0.246 e. The normalized spacial score (nSPS) is 22.1. The van der Waals surface area contributed by atoms with Crippen LogP contribution in [0.5, 0.6) is 0 Å². The molecule has 1 aromatic carbocycles. The molecule has 0 bridgehead atoms. The third-order valence-electron chi connectivity index (χ3n) is 3.27. The van der Waals surface area contributed by atoms with Gasteiger partial charge in [-0.2, -0.15) is 0 Å². The molecule has 1 heterocycles. The maximum Gasteiger partial charge on any atom is 0.246 e. The lowest BCUT2D eigenvalue weighted by molar-refractivity contribution is -0.123. The minimum atomic E-state index is -0.438. The van der Waals surface area contributed by atoms with Crippen molar-refractivity contribution in [3.05, 3.63) is 28.7 Å². The van der Waals surface area contributed by atoms with Crippen molar-refractivity contribution in [2.75, 3.05) is 31.6 Å². The van der Waals surface area contributed by atoms with Crippen molar-refractivity contribution in [1.82, 2.24) is 4.90 Å². The molecule has 1 aliphatic heterocycles. The van der Waals surface area contributed by atoms with E-state index in [0.717, 1.165) is 23.1 Å². The molecular formula is C13H17BrN2O2.